The molecule has 0 saturated carbocycles. The van der Waals surface area contributed by atoms with Gasteiger partial charge in [0.15, 0.2) is 6.29 Å². The van der Waals surface area contributed by atoms with Crippen LogP contribution < -0.4 is 0 Å². The third-order valence-electron chi connectivity index (χ3n) is 4.99. The minimum atomic E-state index is -0.636. The SMILES string of the molecule is CO[C@H]1C[C@H](C(C)C)O[C@@H](C)[C@@H]1O[C@H]1C[C@@H](OC)[C@@H](O)[C@H](C)O1. The Kier molecular flexibility index (Phi) is 6.83. The molecule has 6 heteroatoms. The summed E-state index contributed by atoms with van der Waals surface area (Å²) in [4.78, 5) is 0. The fraction of sp³-hybridized carbons (Fsp3) is 1.00. The Morgan fingerprint density at radius 2 is 1.61 bits per heavy atom. The van der Waals surface area contributed by atoms with Crippen LogP contribution in [0.4, 0.5) is 0 Å². The predicted octanol–water partition coefficient (Wildman–Crippen LogP) is 1.73. The summed E-state index contributed by atoms with van der Waals surface area (Å²) in [6, 6.07) is 0. The quantitative estimate of drug-likeness (QED) is 0.827. The summed E-state index contributed by atoms with van der Waals surface area (Å²) in [5, 5.41) is 10.1. The fourth-order valence-electron chi connectivity index (χ4n) is 3.44. The second-order valence-electron chi connectivity index (χ2n) is 7.01. The van der Waals surface area contributed by atoms with E-state index in [2.05, 4.69) is 13.8 Å². The lowest BCUT2D eigenvalue weighted by Crippen LogP contribution is -2.55. The molecule has 0 aromatic heterocycles. The lowest BCUT2D eigenvalue weighted by Gasteiger charge is -2.44. The molecule has 0 aromatic rings. The van der Waals surface area contributed by atoms with E-state index in [9.17, 15) is 5.11 Å². The van der Waals surface area contributed by atoms with Crippen LogP contribution in [0.1, 0.15) is 40.5 Å². The Labute approximate surface area is 139 Å². The maximum Gasteiger partial charge on any atom is 0.161 e. The molecule has 0 aromatic carbocycles. The molecule has 1 N–H and O–H groups in total. The first-order valence-electron chi connectivity index (χ1n) is 8.57. The van der Waals surface area contributed by atoms with Crippen molar-refractivity contribution in [3.05, 3.63) is 0 Å². The summed E-state index contributed by atoms with van der Waals surface area (Å²) in [7, 11) is 3.31. The van der Waals surface area contributed by atoms with Crippen molar-refractivity contribution in [1.82, 2.24) is 0 Å². The van der Waals surface area contributed by atoms with Crippen LogP contribution in [0.25, 0.3) is 0 Å². The van der Waals surface area contributed by atoms with Gasteiger partial charge in [-0.15, -0.1) is 0 Å². The molecule has 0 aliphatic carbocycles. The average Bonchev–Trinajstić information content (AvgIpc) is 2.51. The summed E-state index contributed by atoms with van der Waals surface area (Å²) in [6.45, 7) is 8.15. The highest BCUT2D eigenvalue weighted by Gasteiger charge is 2.43. The van der Waals surface area contributed by atoms with E-state index in [0.29, 0.717) is 12.3 Å². The highest BCUT2D eigenvalue weighted by Crippen LogP contribution is 2.31. The van der Waals surface area contributed by atoms with Gasteiger partial charge in [-0.25, -0.2) is 0 Å². The molecular weight excluding hydrogens is 300 g/mol. The molecule has 6 nitrogen and oxygen atoms in total. The monoisotopic (exact) mass is 332 g/mol. The number of rotatable bonds is 5. The molecule has 2 fully saturated rings. The smallest absolute Gasteiger partial charge is 0.161 e. The standard InChI is InChI=1S/C17H32O6/c1-9(2)12-7-14(20-6)17(11(4)21-12)23-15-8-13(19-5)16(18)10(3)22-15/h9-18H,7-8H2,1-6H3/t10-,11-,12+,13+,14-,15-,16-,17-/m0/s1. The van der Waals surface area contributed by atoms with Gasteiger partial charge in [-0.1, -0.05) is 13.8 Å². The van der Waals surface area contributed by atoms with Gasteiger partial charge in [0.25, 0.3) is 0 Å². The third-order valence-corrected chi connectivity index (χ3v) is 4.99. The van der Waals surface area contributed by atoms with Crippen LogP contribution in [-0.2, 0) is 23.7 Å². The van der Waals surface area contributed by atoms with E-state index < -0.39 is 12.4 Å². The van der Waals surface area contributed by atoms with Crippen LogP contribution in [-0.4, -0.2) is 68.3 Å². The zero-order chi connectivity index (χ0) is 17.1. The first kappa shape index (κ1) is 19.1. The Morgan fingerprint density at radius 3 is 2.17 bits per heavy atom. The van der Waals surface area contributed by atoms with Gasteiger partial charge in [0, 0.05) is 27.1 Å². The van der Waals surface area contributed by atoms with Crippen LogP contribution in [0.15, 0.2) is 0 Å². The Balaban J connectivity index is 2.00. The molecule has 2 saturated heterocycles. The minimum Gasteiger partial charge on any atom is -0.388 e. The Bertz CT molecular complexity index is 363. The van der Waals surface area contributed by atoms with E-state index in [1.807, 2.05) is 13.8 Å². The number of methoxy groups -OCH3 is 2. The molecule has 0 radical (unpaired) electrons. The van der Waals surface area contributed by atoms with Gasteiger partial charge in [0.05, 0.1) is 30.5 Å². The molecular formula is C17H32O6. The molecule has 0 spiro atoms. The van der Waals surface area contributed by atoms with Gasteiger partial charge in [0.1, 0.15) is 12.2 Å². The number of aliphatic hydroxyl groups excluding tert-OH is 1. The number of ether oxygens (including phenoxy) is 5. The van der Waals surface area contributed by atoms with Gasteiger partial charge in [-0.05, 0) is 19.8 Å². The number of aliphatic hydroxyl groups is 1. The average molecular weight is 332 g/mol. The van der Waals surface area contributed by atoms with Crippen molar-refractivity contribution in [2.24, 2.45) is 5.92 Å². The van der Waals surface area contributed by atoms with Gasteiger partial charge in [0.2, 0.25) is 0 Å². The molecule has 2 aliphatic rings. The molecule has 2 heterocycles. The zero-order valence-electron chi connectivity index (χ0n) is 15.1. The summed E-state index contributed by atoms with van der Waals surface area (Å²) < 4.78 is 29.0. The third kappa shape index (κ3) is 4.44. The lowest BCUT2D eigenvalue weighted by molar-refractivity contribution is -0.298. The molecule has 2 aliphatic heterocycles. The van der Waals surface area contributed by atoms with E-state index in [1.54, 1.807) is 14.2 Å². The molecule has 0 bridgehead atoms. The van der Waals surface area contributed by atoms with Crippen LogP contribution in [0, 0.1) is 5.92 Å². The van der Waals surface area contributed by atoms with Crippen molar-refractivity contribution in [3.63, 3.8) is 0 Å². The molecule has 2 rings (SSSR count). The first-order valence-corrected chi connectivity index (χ1v) is 8.57. The van der Waals surface area contributed by atoms with Crippen LogP contribution in [0.3, 0.4) is 0 Å². The fourth-order valence-corrected chi connectivity index (χ4v) is 3.44. The van der Waals surface area contributed by atoms with Crippen molar-refractivity contribution >= 4 is 0 Å². The first-order chi connectivity index (χ1) is 10.9. The van der Waals surface area contributed by atoms with Gasteiger partial charge in [-0.3, -0.25) is 0 Å². The van der Waals surface area contributed by atoms with E-state index in [0.717, 1.165) is 6.42 Å². The van der Waals surface area contributed by atoms with E-state index in [4.69, 9.17) is 23.7 Å². The van der Waals surface area contributed by atoms with Gasteiger partial charge in [-0.2, -0.15) is 0 Å². The summed E-state index contributed by atoms with van der Waals surface area (Å²) in [6.07, 6.45) is -0.501. The number of hydrogen-bond donors (Lipinski definition) is 1. The maximum atomic E-state index is 10.1. The normalized spacial score (nSPS) is 45.4. The number of hydrogen-bond acceptors (Lipinski definition) is 6. The largest absolute Gasteiger partial charge is 0.388 e. The summed E-state index contributed by atoms with van der Waals surface area (Å²) in [5.41, 5.74) is 0. The summed E-state index contributed by atoms with van der Waals surface area (Å²) >= 11 is 0. The van der Waals surface area contributed by atoms with E-state index in [-0.39, 0.29) is 36.6 Å². The summed E-state index contributed by atoms with van der Waals surface area (Å²) in [5.74, 6) is 0.440. The van der Waals surface area contributed by atoms with Crippen molar-refractivity contribution in [2.75, 3.05) is 14.2 Å². The topological polar surface area (TPSA) is 66.4 Å². The molecule has 23 heavy (non-hydrogen) atoms. The lowest BCUT2D eigenvalue weighted by atomic mass is 9.92. The second-order valence-corrected chi connectivity index (χ2v) is 7.01. The highest BCUT2D eigenvalue weighted by molar-refractivity contribution is 4.88. The van der Waals surface area contributed by atoms with Crippen molar-refractivity contribution < 1.29 is 28.8 Å². The molecule has 0 unspecified atom stereocenters. The van der Waals surface area contributed by atoms with Crippen LogP contribution >= 0.6 is 0 Å². The zero-order valence-corrected chi connectivity index (χ0v) is 15.1. The second kappa shape index (κ2) is 8.23. The molecule has 0 amide bonds. The van der Waals surface area contributed by atoms with Gasteiger partial charge < -0.3 is 28.8 Å². The van der Waals surface area contributed by atoms with E-state index >= 15 is 0 Å². The van der Waals surface area contributed by atoms with Crippen molar-refractivity contribution in [3.8, 4) is 0 Å². The highest BCUT2D eigenvalue weighted by atomic mass is 16.7. The molecule has 136 valence electrons. The van der Waals surface area contributed by atoms with Crippen molar-refractivity contribution in [2.45, 2.75) is 89.6 Å². The predicted molar refractivity (Wildman–Crippen MR) is 85.2 cm³/mol. The van der Waals surface area contributed by atoms with Gasteiger partial charge >= 0.3 is 0 Å². The van der Waals surface area contributed by atoms with Crippen LogP contribution in [0.2, 0.25) is 0 Å². The maximum absolute atomic E-state index is 10.1. The van der Waals surface area contributed by atoms with Crippen molar-refractivity contribution in [1.29, 1.82) is 0 Å². The van der Waals surface area contributed by atoms with Crippen LogP contribution in [0.5, 0.6) is 0 Å². The molecule has 8 atom stereocenters. The Morgan fingerprint density at radius 1 is 0.957 bits per heavy atom. The minimum absolute atomic E-state index is 0.0297. The Hall–Kier alpha value is -0.240. The van der Waals surface area contributed by atoms with E-state index in [1.165, 1.54) is 0 Å².